The van der Waals surface area contributed by atoms with Crippen LogP contribution in [0.1, 0.15) is 30.9 Å². The number of hydrogen-bond acceptors (Lipinski definition) is 6. The second-order valence-electron chi connectivity index (χ2n) is 5.44. The minimum absolute atomic E-state index is 0.0205. The van der Waals surface area contributed by atoms with Gasteiger partial charge in [0.2, 0.25) is 5.95 Å². The highest BCUT2D eigenvalue weighted by Crippen LogP contribution is 2.42. The summed E-state index contributed by atoms with van der Waals surface area (Å²) >= 11 is 0. The lowest BCUT2D eigenvalue weighted by molar-refractivity contribution is -0.138. The highest BCUT2D eigenvalue weighted by molar-refractivity contribution is 5.73. The fraction of sp³-hybridized carbons (Fsp3) is 0.333. The van der Waals surface area contributed by atoms with E-state index in [-0.39, 0.29) is 34.8 Å². The van der Waals surface area contributed by atoms with E-state index < -0.39 is 11.7 Å². The van der Waals surface area contributed by atoms with Crippen LogP contribution in [0, 0.1) is 0 Å². The second kappa shape index (κ2) is 6.42. The van der Waals surface area contributed by atoms with Gasteiger partial charge in [0.15, 0.2) is 5.82 Å². The highest BCUT2D eigenvalue weighted by Gasteiger charge is 2.35. The summed E-state index contributed by atoms with van der Waals surface area (Å²) in [5.74, 6) is -0.271. The first kappa shape index (κ1) is 17.6. The van der Waals surface area contributed by atoms with Crippen molar-refractivity contribution in [2.45, 2.75) is 25.9 Å². The number of anilines is 4. The molecule has 0 aliphatic carbocycles. The lowest BCUT2D eigenvalue weighted by atomic mass is 9.97. The van der Waals surface area contributed by atoms with E-state index in [0.29, 0.717) is 5.56 Å². The molecule has 0 saturated carbocycles. The average Bonchev–Trinajstić information content (AvgIpc) is 2.48. The molecule has 9 heteroatoms. The Morgan fingerprint density at radius 3 is 2.33 bits per heavy atom. The Labute approximate surface area is 137 Å². The molecule has 0 aliphatic rings. The van der Waals surface area contributed by atoms with Gasteiger partial charge >= 0.3 is 6.18 Å². The van der Waals surface area contributed by atoms with Crippen molar-refractivity contribution in [2.24, 2.45) is 0 Å². The molecular formula is C15H18F3N5O. The lowest BCUT2D eigenvalue weighted by Gasteiger charge is -2.20. The van der Waals surface area contributed by atoms with Gasteiger partial charge in [0.25, 0.3) is 0 Å². The number of nitrogens with zero attached hydrogens (tertiary/aromatic N) is 2. The number of benzene rings is 1. The topological polar surface area (TPSA) is 99.1 Å². The van der Waals surface area contributed by atoms with Crippen LogP contribution in [0.2, 0.25) is 0 Å². The SMILES string of the molecule is COc1cc(C(C)C)c(Nc2cnc(N)nc2N)cc1C(F)(F)F. The minimum Gasteiger partial charge on any atom is -0.496 e. The molecule has 2 aromatic rings. The highest BCUT2D eigenvalue weighted by atomic mass is 19.4. The number of ether oxygens (including phenoxy) is 1. The largest absolute Gasteiger partial charge is 0.496 e. The van der Waals surface area contributed by atoms with Crippen LogP contribution in [-0.2, 0) is 6.18 Å². The van der Waals surface area contributed by atoms with Gasteiger partial charge in [0.05, 0.1) is 18.9 Å². The molecule has 130 valence electrons. The zero-order valence-corrected chi connectivity index (χ0v) is 13.4. The molecule has 1 heterocycles. The predicted octanol–water partition coefficient (Wildman–Crippen LogP) is 3.54. The molecule has 24 heavy (non-hydrogen) atoms. The molecule has 0 aliphatic heterocycles. The van der Waals surface area contributed by atoms with Crippen LogP contribution in [0.25, 0.3) is 0 Å². The van der Waals surface area contributed by atoms with Crippen LogP contribution < -0.4 is 21.5 Å². The number of nitrogens with one attached hydrogen (secondary N) is 1. The van der Waals surface area contributed by atoms with E-state index in [1.807, 2.05) is 13.8 Å². The molecule has 1 aromatic carbocycles. The average molecular weight is 341 g/mol. The van der Waals surface area contributed by atoms with Crippen LogP contribution in [0.5, 0.6) is 5.75 Å². The van der Waals surface area contributed by atoms with Gasteiger partial charge in [0, 0.05) is 5.69 Å². The smallest absolute Gasteiger partial charge is 0.420 e. The summed E-state index contributed by atoms with van der Waals surface area (Å²) in [5.41, 5.74) is 11.4. The molecule has 0 radical (unpaired) electrons. The molecule has 0 amide bonds. The molecule has 5 N–H and O–H groups in total. The summed E-state index contributed by atoms with van der Waals surface area (Å²) < 4.78 is 44.6. The molecule has 0 spiro atoms. The van der Waals surface area contributed by atoms with E-state index in [0.717, 1.165) is 6.07 Å². The van der Waals surface area contributed by atoms with E-state index in [4.69, 9.17) is 16.2 Å². The first-order valence-corrected chi connectivity index (χ1v) is 7.07. The first-order valence-electron chi connectivity index (χ1n) is 7.07. The van der Waals surface area contributed by atoms with Crippen molar-refractivity contribution in [1.82, 2.24) is 9.97 Å². The molecule has 0 unspecified atom stereocenters. The number of nitrogens with two attached hydrogens (primary N) is 2. The van der Waals surface area contributed by atoms with Crippen LogP contribution in [0.4, 0.5) is 36.3 Å². The van der Waals surface area contributed by atoms with Crippen LogP contribution in [-0.4, -0.2) is 17.1 Å². The lowest BCUT2D eigenvalue weighted by Crippen LogP contribution is -2.11. The van der Waals surface area contributed by atoms with Gasteiger partial charge < -0.3 is 21.5 Å². The standard InChI is InChI=1S/C15H18F3N5O/c1-7(2)8-4-12(24-3)9(15(16,17)18)5-10(8)22-11-6-21-14(20)23-13(11)19/h4-7,22H,1-3H3,(H4,19,20,21,23). The van der Waals surface area contributed by atoms with Gasteiger partial charge in [-0.3, -0.25) is 0 Å². The zero-order chi connectivity index (χ0) is 18.1. The molecule has 6 nitrogen and oxygen atoms in total. The Balaban J connectivity index is 2.58. The number of rotatable bonds is 4. The summed E-state index contributed by atoms with van der Waals surface area (Å²) in [6, 6.07) is 2.36. The Morgan fingerprint density at radius 1 is 1.17 bits per heavy atom. The van der Waals surface area contributed by atoms with Gasteiger partial charge in [-0.05, 0) is 23.6 Å². The summed E-state index contributed by atoms with van der Waals surface area (Å²) in [4.78, 5) is 7.58. The molecule has 0 saturated heterocycles. The van der Waals surface area contributed by atoms with Gasteiger partial charge in [0.1, 0.15) is 11.4 Å². The second-order valence-corrected chi connectivity index (χ2v) is 5.44. The van der Waals surface area contributed by atoms with Crippen LogP contribution >= 0.6 is 0 Å². The van der Waals surface area contributed by atoms with E-state index in [2.05, 4.69) is 15.3 Å². The van der Waals surface area contributed by atoms with E-state index in [9.17, 15) is 13.2 Å². The normalized spacial score (nSPS) is 11.6. The van der Waals surface area contributed by atoms with Gasteiger partial charge in [-0.25, -0.2) is 4.98 Å². The van der Waals surface area contributed by atoms with Crippen molar-refractivity contribution < 1.29 is 17.9 Å². The summed E-state index contributed by atoms with van der Waals surface area (Å²) in [6.45, 7) is 3.71. The van der Waals surface area contributed by atoms with Crippen molar-refractivity contribution in [2.75, 3.05) is 23.9 Å². The van der Waals surface area contributed by atoms with Gasteiger partial charge in [-0.15, -0.1) is 0 Å². The molecule has 2 rings (SSSR count). The number of aromatic nitrogens is 2. The molecule has 0 fully saturated rings. The van der Waals surface area contributed by atoms with Crippen LogP contribution in [0.3, 0.4) is 0 Å². The van der Waals surface area contributed by atoms with E-state index in [1.54, 1.807) is 0 Å². The Bertz CT molecular complexity index is 747. The molecular weight excluding hydrogens is 323 g/mol. The Morgan fingerprint density at radius 2 is 1.83 bits per heavy atom. The fourth-order valence-electron chi connectivity index (χ4n) is 2.22. The van der Waals surface area contributed by atoms with Gasteiger partial charge in [-0.2, -0.15) is 18.2 Å². The fourth-order valence-corrected chi connectivity index (χ4v) is 2.22. The van der Waals surface area contributed by atoms with Crippen LogP contribution in [0.15, 0.2) is 18.3 Å². The number of methoxy groups -OCH3 is 1. The van der Waals surface area contributed by atoms with Gasteiger partial charge in [-0.1, -0.05) is 13.8 Å². The quantitative estimate of drug-likeness (QED) is 0.787. The zero-order valence-electron chi connectivity index (χ0n) is 13.4. The third-order valence-electron chi connectivity index (χ3n) is 3.41. The molecule has 0 atom stereocenters. The number of halogens is 3. The Hall–Kier alpha value is -2.71. The minimum atomic E-state index is -4.56. The number of nitrogen functional groups attached to an aromatic ring is 2. The predicted molar refractivity (Wildman–Crippen MR) is 86.2 cm³/mol. The van der Waals surface area contributed by atoms with E-state index in [1.165, 1.54) is 19.4 Å². The maximum absolute atomic E-state index is 13.2. The molecule has 1 aromatic heterocycles. The maximum Gasteiger partial charge on any atom is 0.420 e. The number of alkyl halides is 3. The van der Waals surface area contributed by atoms with Crippen molar-refractivity contribution in [3.8, 4) is 5.75 Å². The monoisotopic (exact) mass is 341 g/mol. The third-order valence-corrected chi connectivity index (χ3v) is 3.41. The summed E-state index contributed by atoms with van der Waals surface area (Å²) in [7, 11) is 1.20. The first-order chi connectivity index (χ1) is 11.1. The van der Waals surface area contributed by atoms with Crippen molar-refractivity contribution in [1.29, 1.82) is 0 Å². The number of hydrogen-bond donors (Lipinski definition) is 3. The van der Waals surface area contributed by atoms with Crippen molar-refractivity contribution in [3.63, 3.8) is 0 Å². The summed E-state index contributed by atoms with van der Waals surface area (Å²) in [5, 5.41) is 2.85. The van der Waals surface area contributed by atoms with Crippen molar-refractivity contribution >= 4 is 23.1 Å². The maximum atomic E-state index is 13.2. The molecule has 0 bridgehead atoms. The third kappa shape index (κ3) is 3.61. The summed E-state index contributed by atoms with van der Waals surface area (Å²) in [6.07, 6.45) is -3.24. The van der Waals surface area contributed by atoms with Crippen molar-refractivity contribution in [3.05, 3.63) is 29.5 Å². The Kier molecular flexibility index (Phi) is 4.72. The van der Waals surface area contributed by atoms with E-state index >= 15 is 0 Å².